The predicted molar refractivity (Wildman–Crippen MR) is 127 cm³/mol. The van der Waals surface area contributed by atoms with E-state index in [-0.39, 0.29) is 11.8 Å². The standard InChI is InChI=1S/C26H35N3O2/c1-5-6-9-26(29(19-20(2)3)16-14-21-8-7-15-27-18-21)31-23-11-12-24-22(17-23)10-13-25(30)28(24)4/h7-8,10-13,15,17-18,20,26H,5-6,9,14,16,19H2,1-4H3. The lowest BCUT2D eigenvalue weighted by atomic mass is 10.1. The topological polar surface area (TPSA) is 47.4 Å². The molecule has 5 heteroatoms. The van der Waals surface area contributed by atoms with Crippen molar-refractivity contribution in [1.29, 1.82) is 0 Å². The van der Waals surface area contributed by atoms with E-state index in [4.69, 9.17) is 4.74 Å². The number of benzene rings is 1. The van der Waals surface area contributed by atoms with Gasteiger partial charge in [0.25, 0.3) is 5.56 Å². The molecule has 0 aliphatic rings. The van der Waals surface area contributed by atoms with Gasteiger partial charge in [-0.3, -0.25) is 14.7 Å². The summed E-state index contributed by atoms with van der Waals surface area (Å²) in [6.07, 6.45) is 7.98. The van der Waals surface area contributed by atoms with E-state index < -0.39 is 0 Å². The van der Waals surface area contributed by atoms with Gasteiger partial charge < -0.3 is 9.30 Å². The van der Waals surface area contributed by atoms with Crippen molar-refractivity contribution in [2.75, 3.05) is 13.1 Å². The molecule has 0 aliphatic heterocycles. The molecule has 1 unspecified atom stereocenters. The molecule has 0 N–H and O–H groups in total. The van der Waals surface area contributed by atoms with Crippen LogP contribution in [0.25, 0.3) is 10.9 Å². The molecular weight excluding hydrogens is 386 g/mol. The fraction of sp³-hybridized carbons (Fsp3) is 0.462. The number of unbranched alkanes of at least 4 members (excludes halogenated alkanes) is 1. The molecular formula is C26H35N3O2. The maximum absolute atomic E-state index is 11.9. The summed E-state index contributed by atoms with van der Waals surface area (Å²) in [6.45, 7) is 8.64. The van der Waals surface area contributed by atoms with Crippen LogP contribution in [0.1, 0.15) is 45.6 Å². The monoisotopic (exact) mass is 421 g/mol. The molecule has 0 aliphatic carbocycles. The van der Waals surface area contributed by atoms with Gasteiger partial charge in [-0.1, -0.05) is 33.3 Å². The van der Waals surface area contributed by atoms with Crippen LogP contribution in [-0.2, 0) is 13.5 Å². The first-order valence-electron chi connectivity index (χ1n) is 11.4. The molecule has 0 bridgehead atoms. The largest absolute Gasteiger partial charge is 0.475 e. The zero-order valence-corrected chi connectivity index (χ0v) is 19.3. The first-order valence-corrected chi connectivity index (χ1v) is 11.4. The first kappa shape index (κ1) is 23.0. The van der Waals surface area contributed by atoms with Gasteiger partial charge in [-0.05, 0) is 61.1 Å². The molecule has 0 spiro atoms. The molecule has 0 fully saturated rings. The van der Waals surface area contributed by atoms with Gasteiger partial charge in [0.2, 0.25) is 0 Å². The third-order valence-electron chi connectivity index (χ3n) is 5.59. The van der Waals surface area contributed by atoms with Crippen LogP contribution in [0.5, 0.6) is 5.75 Å². The normalized spacial score (nSPS) is 12.6. The molecule has 3 aromatic rings. The zero-order chi connectivity index (χ0) is 22.2. The summed E-state index contributed by atoms with van der Waals surface area (Å²) in [4.78, 5) is 18.6. The van der Waals surface area contributed by atoms with Crippen molar-refractivity contribution < 1.29 is 4.74 Å². The summed E-state index contributed by atoms with van der Waals surface area (Å²) in [6, 6.07) is 13.6. The molecule has 5 nitrogen and oxygen atoms in total. The van der Waals surface area contributed by atoms with Gasteiger partial charge in [0.1, 0.15) is 5.75 Å². The van der Waals surface area contributed by atoms with Crippen molar-refractivity contribution >= 4 is 10.9 Å². The number of aryl methyl sites for hydroxylation is 1. The quantitative estimate of drug-likeness (QED) is 0.408. The summed E-state index contributed by atoms with van der Waals surface area (Å²) in [5, 5.41) is 1.01. The van der Waals surface area contributed by atoms with E-state index >= 15 is 0 Å². The Labute approximate surface area is 185 Å². The Hall–Kier alpha value is -2.66. The molecule has 0 saturated carbocycles. The van der Waals surface area contributed by atoms with E-state index in [0.29, 0.717) is 5.92 Å². The van der Waals surface area contributed by atoms with Crippen LogP contribution >= 0.6 is 0 Å². The number of fused-ring (bicyclic) bond motifs is 1. The number of ether oxygens (including phenoxy) is 1. The van der Waals surface area contributed by atoms with E-state index in [1.54, 1.807) is 17.7 Å². The van der Waals surface area contributed by atoms with Crippen molar-refractivity contribution in [2.24, 2.45) is 13.0 Å². The van der Waals surface area contributed by atoms with Crippen molar-refractivity contribution in [3.8, 4) is 5.75 Å². The second kappa shape index (κ2) is 11.1. The maximum atomic E-state index is 11.9. The van der Waals surface area contributed by atoms with Crippen LogP contribution < -0.4 is 10.3 Å². The Kier molecular flexibility index (Phi) is 8.24. The number of hydrogen-bond donors (Lipinski definition) is 0. The van der Waals surface area contributed by atoms with Crippen LogP contribution in [0.4, 0.5) is 0 Å². The number of nitrogens with zero attached hydrogens (tertiary/aromatic N) is 3. The smallest absolute Gasteiger partial charge is 0.250 e. The van der Waals surface area contributed by atoms with Crippen molar-refractivity contribution in [2.45, 2.75) is 52.7 Å². The van der Waals surface area contributed by atoms with Gasteiger partial charge >= 0.3 is 0 Å². The van der Waals surface area contributed by atoms with E-state index in [1.165, 1.54) is 5.56 Å². The van der Waals surface area contributed by atoms with Crippen LogP contribution in [-0.4, -0.2) is 33.8 Å². The number of rotatable bonds is 11. The summed E-state index contributed by atoms with van der Waals surface area (Å²) in [5.41, 5.74) is 2.16. The summed E-state index contributed by atoms with van der Waals surface area (Å²) in [5.74, 6) is 1.40. The minimum absolute atomic E-state index is 0.000464. The second-order valence-corrected chi connectivity index (χ2v) is 8.67. The Morgan fingerprint density at radius 3 is 2.71 bits per heavy atom. The lowest BCUT2D eigenvalue weighted by Crippen LogP contribution is -2.43. The SMILES string of the molecule is CCCCC(Oc1ccc2c(ccc(=O)n2C)c1)N(CCc1cccnc1)CC(C)C. The average molecular weight is 422 g/mol. The minimum Gasteiger partial charge on any atom is -0.475 e. The molecule has 0 radical (unpaired) electrons. The van der Waals surface area contributed by atoms with Crippen molar-refractivity contribution in [3.63, 3.8) is 0 Å². The molecule has 1 aromatic carbocycles. The summed E-state index contributed by atoms with van der Waals surface area (Å²) in [7, 11) is 1.80. The molecule has 31 heavy (non-hydrogen) atoms. The van der Waals surface area contributed by atoms with E-state index in [1.807, 2.05) is 42.7 Å². The lowest BCUT2D eigenvalue weighted by molar-refractivity contribution is 0.0102. The number of hydrogen-bond acceptors (Lipinski definition) is 4. The molecule has 2 heterocycles. The van der Waals surface area contributed by atoms with Gasteiger partial charge in [-0.2, -0.15) is 0 Å². The lowest BCUT2D eigenvalue weighted by Gasteiger charge is -2.33. The van der Waals surface area contributed by atoms with Crippen molar-refractivity contribution in [1.82, 2.24) is 14.5 Å². The second-order valence-electron chi connectivity index (χ2n) is 8.67. The van der Waals surface area contributed by atoms with Gasteiger partial charge in [-0.25, -0.2) is 0 Å². The Bertz CT molecular complexity index is 1010. The average Bonchev–Trinajstić information content (AvgIpc) is 2.77. The third-order valence-corrected chi connectivity index (χ3v) is 5.59. The minimum atomic E-state index is 0.000464. The highest BCUT2D eigenvalue weighted by atomic mass is 16.5. The molecule has 166 valence electrons. The van der Waals surface area contributed by atoms with Crippen molar-refractivity contribution in [3.05, 3.63) is 70.8 Å². The van der Waals surface area contributed by atoms with Gasteiger partial charge in [0.05, 0.1) is 5.52 Å². The Balaban J connectivity index is 1.82. The number of pyridine rings is 2. The number of aromatic nitrogens is 2. The molecule has 1 atom stereocenters. The highest BCUT2D eigenvalue weighted by molar-refractivity contribution is 5.80. The van der Waals surface area contributed by atoms with Gasteiger partial charge in [-0.15, -0.1) is 0 Å². The Morgan fingerprint density at radius 1 is 1.16 bits per heavy atom. The summed E-state index contributed by atoms with van der Waals surface area (Å²) < 4.78 is 8.24. The maximum Gasteiger partial charge on any atom is 0.250 e. The fourth-order valence-electron chi connectivity index (χ4n) is 3.93. The molecule has 2 aromatic heterocycles. The van der Waals surface area contributed by atoms with Crippen LogP contribution in [0, 0.1) is 5.92 Å². The van der Waals surface area contributed by atoms with Gasteiger partial charge in [0.15, 0.2) is 6.23 Å². The molecule has 3 rings (SSSR count). The van der Waals surface area contributed by atoms with E-state index in [9.17, 15) is 4.79 Å². The van der Waals surface area contributed by atoms with Crippen LogP contribution in [0.2, 0.25) is 0 Å². The van der Waals surface area contributed by atoms with E-state index in [2.05, 4.69) is 36.7 Å². The van der Waals surface area contributed by atoms with Crippen LogP contribution in [0.3, 0.4) is 0 Å². The van der Waals surface area contributed by atoms with Crippen LogP contribution in [0.15, 0.2) is 59.7 Å². The highest BCUT2D eigenvalue weighted by Gasteiger charge is 2.21. The van der Waals surface area contributed by atoms with E-state index in [0.717, 1.165) is 55.4 Å². The molecule has 0 amide bonds. The van der Waals surface area contributed by atoms with Gasteiger partial charge in [0, 0.05) is 44.0 Å². The zero-order valence-electron chi connectivity index (χ0n) is 19.3. The summed E-state index contributed by atoms with van der Waals surface area (Å²) >= 11 is 0. The Morgan fingerprint density at radius 2 is 2.00 bits per heavy atom. The fourth-order valence-corrected chi connectivity index (χ4v) is 3.93. The third kappa shape index (κ3) is 6.41. The predicted octanol–water partition coefficient (Wildman–Crippen LogP) is 5.03. The molecule has 0 saturated heterocycles. The highest BCUT2D eigenvalue weighted by Crippen LogP contribution is 2.23. The first-order chi connectivity index (χ1) is 15.0.